The molecule has 3 nitrogen and oxygen atoms in total. The summed E-state index contributed by atoms with van der Waals surface area (Å²) < 4.78 is 11.2. The summed E-state index contributed by atoms with van der Waals surface area (Å²) in [7, 11) is 0. The first-order valence-electron chi connectivity index (χ1n) is 8.34. The van der Waals surface area contributed by atoms with Crippen molar-refractivity contribution in [3.05, 3.63) is 72.9 Å². The Morgan fingerprint density at radius 3 is 2.54 bits per heavy atom. The summed E-state index contributed by atoms with van der Waals surface area (Å²) in [6.45, 7) is 12.5. The molecule has 0 spiro atoms. The zero-order chi connectivity index (χ0) is 17.8. The van der Waals surface area contributed by atoms with Crippen LogP contribution in [0.1, 0.15) is 32.3 Å². The van der Waals surface area contributed by atoms with Gasteiger partial charge in [0, 0.05) is 18.4 Å². The maximum atomic E-state index is 11.5. The summed E-state index contributed by atoms with van der Waals surface area (Å²) in [5.41, 5.74) is 2.18. The van der Waals surface area contributed by atoms with Gasteiger partial charge in [0.25, 0.3) is 0 Å². The van der Waals surface area contributed by atoms with Crippen molar-refractivity contribution >= 4 is 5.97 Å². The van der Waals surface area contributed by atoms with E-state index in [0.717, 1.165) is 17.6 Å². The molecule has 0 saturated carbocycles. The molecule has 0 unspecified atom stereocenters. The number of hydrogen-bond donors (Lipinski definition) is 0. The zero-order valence-electron chi connectivity index (χ0n) is 14.7. The van der Waals surface area contributed by atoms with Gasteiger partial charge in [0.05, 0.1) is 13.2 Å². The van der Waals surface area contributed by atoms with Gasteiger partial charge in [0.15, 0.2) is 0 Å². The van der Waals surface area contributed by atoms with Crippen LogP contribution >= 0.6 is 0 Å². The Labute approximate surface area is 145 Å². The van der Waals surface area contributed by atoms with Crippen LogP contribution in [0.4, 0.5) is 0 Å². The van der Waals surface area contributed by atoms with Gasteiger partial charge in [-0.3, -0.25) is 0 Å². The maximum absolute atomic E-state index is 11.5. The molecule has 0 N–H and O–H groups in total. The van der Waals surface area contributed by atoms with Gasteiger partial charge < -0.3 is 9.47 Å². The molecule has 2 atom stereocenters. The first-order chi connectivity index (χ1) is 11.6. The Kier molecular flexibility index (Phi) is 9.47. The standard InChI is InChI=1S/C21H28O3/c1-5-11-20(24-21(22)7-3)17(4)14-18(6-2)15-23-16-19-12-9-8-10-13-19/h5,7-10,12-14,18,20H,1,3,6,11,15-16H2,2,4H3/b17-14-/t18-,20-/m1/s1. The molecule has 0 aliphatic heterocycles. The summed E-state index contributed by atoms with van der Waals surface area (Å²) in [6.07, 6.45) is 6.33. The molecule has 0 heterocycles. The summed E-state index contributed by atoms with van der Waals surface area (Å²) in [4.78, 5) is 11.5. The summed E-state index contributed by atoms with van der Waals surface area (Å²) >= 11 is 0. The number of ether oxygens (including phenoxy) is 2. The van der Waals surface area contributed by atoms with Crippen LogP contribution in [-0.2, 0) is 20.9 Å². The molecule has 0 aliphatic carbocycles. The lowest BCUT2D eigenvalue weighted by Crippen LogP contribution is -2.19. The fourth-order valence-corrected chi connectivity index (χ4v) is 2.33. The molecular weight excluding hydrogens is 300 g/mol. The SMILES string of the molecule is C=CC[C@@H](OC(=O)C=C)/C(C)=C\[C@@H](CC)COCc1ccccc1. The van der Waals surface area contributed by atoms with Crippen LogP contribution < -0.4 is 0 Å². The number of carbonyl (C=O) groups excluding carboxylic acids is 1. The lowest BCUT2D eigenvalue weighted by Gasteiger charge is -2.19. The molecule has 0 aliphatic rings. The Morgan fingerprint density at radius 2 is 1.96 bits per heavy atom. The van der Waals surface area contributed by atoms with Gasteiger partial charge in [-0.1, -0.05) is 56.0 Å². The lowest BCUT2D eigenvalue weighted by atomic mass is 10.00. The van der Waals surface area contributed by atoms with Crippen molar-refractivity contribution < 1.29 is 14.3 Å². The van der Waals surface area contributed by atoms with E-state index in [0.29, 0.717) is 19.6 Å². The van der Waals surface area contributed by atoms with Crippen molar-refractivity contribution in [3.8, 4) is 0 Å². The van der Waals surface area contributed by atoms with Crippen molar-refractivity contribution in [1.29, 1.82) is 0 Å². The van der Waals surface area contributed by atoms with Crippen molar-refractivity contribution in [1.82, 2.24) is 0 Å². The highest BCUT2D eigenvalue weighted by Gasteiger charge is 2.15. The van der Waals surface area contributed by atoms with Gasteiger partial charge in [0.2, 0.25) is 0 Å². The van der Waals surface area contributed by atoms with Crippen LogP contribution in [0, 0.1) is 5.92 Å². The fourth-order valence-electron chi connectivity index (χ4n) is 2.33. The fraction of sp³-hybridized carbons (Fsp3) is 0.381. The molecule has 1 aromatic carbocycles. The molecule has 130 valence electrons. The van der Waals surface area contributed by atoms with Crippen LogP contribution in [0.3, 0.4) is 0 Å². The Balaban J connectivity index is 2.60. The second-order valence-corrected chi connectivity index (χ2v) is 5.73. The van der Waals surface area contributed by atoms with E-state index in [-0.39, 0.29) is 12.0 Å². The predicted molar refractivity (Wildman–Crippen MR) is 98.5 cm³/mol. The van der Waals surface area contributed by atoms with Crippen molar-refractivity contribution in [2.24, 2.45) is 5.92 Å². The second kappa shape index (κ2) is 11.4. The minimum Gasteiger partial charge on any atom is -0.454 e. The highest BCUT2D eigenvalue weighted by molar-refractivity contribution is 5.81. The van der Waals surface area contributed by atoms with Crippen molar-refractivity contribution in [2.75, 3.05) is 6.61 Å². The topological polar surface area (TPSA) is 35.5 Å². The van der Waals surface area contributed by atoms with Gasteiger partial charge >= 0.3 is 5.97 Å². The minimum atomic E-state index is -0.414. The third-order valence-corrected chi connectivity index (χ3v) is 3.78. The summed E-state index contributed by atoms with van der Waals surface area (Å²) in [6, 6.07) is 10.1. The van der Waals surface area contributed by atoms with Crippen molar-refractivity contribution in [2.45, 2.75) is 39.4 Å². The molecule has 3 heteroatoms. The van der Waals surface area contributed by atoms with Crippen molar-refractivity contribution in [3.63, 3.8) is 0 Å². The molecule has 24 heavy (non-hydrogen) atoms. The smallest absolute Gasteiger partial charge is 0.330 e. The monoisotopic (exact) mass is 328 g/mol. The summed E-state index contributed by atoms with van der Waals surface area (Å²) in [5.74, 6) is -0.133. The third kappa shape index (κ3) is 7.42. The average molecular weight is 328 g/mol. The Hall–Kier alpha value is -2.13. The molecule has 1 rings (SSSR count). The molecule has 1 aromatic rings. The minimum absolute atomic E-state index is 0.281. The predicted octanol–water partition coefficient (Wildman–Crippen LogP) is 4.85. The highest BCUT2D eigenvalue weighted by Crippen LogP contribution is 2.17. The average Bonchev–Trinajstić information content (AvgIpc) is 2.61. The van der Waals surface area contributed by atoms with Crippen LogP contribution in [-0.4, -0.2) is 18.7 Å². The first kappa shape index (κ1) is 19.9. The van der Waals surface area contributed by atoms with E-state index in [1.54, 1.807) is 6.08 Å². The van der Waals surface area contributed by atoms with E-state index in [1.165, 1.54) is 6.08 Å². The maximum Gasteiger partial charge on any atom is 0.330 e. The zero-order valence-corrected chi connectivity index (χ0v) is 14.7. The molecule has 0 bridgehead atoms. The van der Waals surface area contributed by atoms with Crippen LogP contribution in [0.2, 0.25) is 0 Å². The van der Waals surface area contributed by atoms with Crippen LogP contribution in [0.25, 0.3) is 0 Å². The quantitative estimate of drug-likeness (QED) is 0.331. The van der Waals surface area contributed by atoms with Gasteiger partial charge in [0.1, 0.15) is 6.10 Å². The van der Waals surface area contributed by atoms with Gasteiger partial charge in [-0.25, -0.2) is 4.79 Å². The number of hydrogen-bond acceptors (Lipinski definition) is 3. The lowest BCUT2D eigenvalue weighted by molar-refractivity contribution is -0.141. The molecule has 0 radical (unpaired) electrons. The van der Waals surface area contributed by atoms with E-state index in [2.05, 4.69) is 38.3 Å². The van der Waals surface area contributed by atoms with E-state index >= 15 is 0 Å². The highest BCUT2D eigenvalue weighted by atomic mass is 16.5. The number of benzene rings is 1. The first-order valence-corrected chi connectivity index (χ1v) is 8.34. The second-order valence-electron chi connectivity index (χ2n) is 5.73. The molecule has 0 aromatic heterocycles. The van der Waals surface area contributed by atoms with Crippen LogP contribution in [0.5, 0.6) is 0 Å². The number of carbonyl (C=O) groups is 1. The Bertz CT molecular complexity index is 545. The molecule has 0 fully saturated rings. The third-order valence-electron chi connectivity index (χ3n) is 3.78. The van der Waals surface area contributed by atoms with Gasteiger partial charge in [-0.15, -0.1) is 6.58 Å². The Morgan fingerprint density at radius 1 is 1.25 bits per heavy atom. The normalized spacial score (nSPS) is 13.8. The molecule has 0 amide bonds. The van der Waals surface area contributed by atoms with Crippen LogP contribution in [0.15, 0.2) is 67.3 Å². The summed E-state index contributed by atoms with van der Waals surface area (Å²) in [5, 5.41) is 0. The van der Waals surface area contributed by atoms with Gasteiger partial charge in [-0.05, 0) is 24.5 Å². The van der Waals surface area contributed by atoms with E-state index in [4.69, 9.17) is 9.47 Å². The molecule has 0 saturated heterocycles. The molecular formula is C21H28O3. The number of esters is 1. The van der Waals surface area contributed by atoms with Gasteiger partial charge in [-0.2, -0.15) is 0 Å². The number of rotatable bonds is 11. The van der Waals surface area contributed by atoms with E-state index < -0.39 is 5.97 Å². The van der Waals surface area contributed by atoms with E-state index in [1.807, 2.05) is 25.1 Å². The van der Waals surface area contributed by atoms with E-state index in [9.17, 15) is 4.79 Å². The largest absolute Gasteiger partial charge is 0.454 e.